The molecule has 0 fully saturated rings. The van der Waals surface area contributed by atoms with Gasteiger partial charge in [-0.3, -0.25) is 4.68 Å². The van der Waals surface area contributed by atoms with Crippen LogP contribution in [0.15, 0.2) is 12.4 Å². The molecule has 0 aliphatic carbocycles. The highest BCUT2D eigenvalue weighted by Crippen LogP contribution is 2.24. The molecular formula is C13H25N3S. The van der Waals surface area contributed by atoms with Gasteiger partial charge in [0, 0.05) is 41.4 Å². The Kier molecular flexibility index (Phi) is 5.07. The van der Waals surface area contributed by atoms with Gasteiger partial charge in [-0.05, 0) is 13.8 Å². The van der Waals surface area contributed by atoms with Gasteiger partial charge in [-0.25, -0.2) is 0 Å². The zero-order chi connectivity index (χ0) is 13.1. The van der Waals surface area contributed by atoms with E-state index in [-0.39, 0.29) is 0 Å². The Hall–Kier alpha value is -0.480. The fourth-order valence-electron chi connectivity index (χ4n) is 1.61. The summed E-state index contributed by atoms with van der Waals surface area (Å²) in [7, 11) is 1.95. The van der Waals surface area contributed by atoms with Crippen molar-refractivity contribution < 1.29 is 0 Å². The summed E-state index contributed by atoms with van der Waals surface area (Å²) < 4.78 is 2.19. The second-order valence-electron chi connectivity index (χ2n) is 5.66. The van der Waals surface area contributed by atoms with Crippen molar-refractivity contribution in [1.29, 1.82) is 0 Å². The molecule has 3 nitrogen and oxygen atoms in total. The maximum atomic E-state index is 4.20. The minimum atomic E-state index is 0.341. The molecule has 0 aliphatic rings. The van der Waals surface area contributed by atoms with Crippen molar-refractivity contribution >= 4 is 11.8 Å². The average Bonchev–Trinajstić information content (AvgIpc) is 2.61. The van der Waals surface area contributed by atoms with Crippen LogP contribution in [0.3, 0.4) is 0 Å². The Morgan fingerprint density at radius 1 is 1.41 bits per heavy atom. The smallest absolute Gasteiger partial charge is 0.0537 e. The van der Waals surface area contributed by atoms with Crippen LogP contribution in [0.5, 0.6) is 0 Å². The summed E-state index contributed by atoms with van der Waals surface area (Å²) in [5, 5.41) is 7.81. The third-order valence-electron chi connectivity index (χ3n) is 2.53. The summed E-state index contributed by atoms with van der Waals surface area (Å²) in [6, 6.07) is 0.869. The molecule has 98 valence electrons. The largest absolute Gasteiger partial charge is 0.307 e. The first-order chi connectivity index (χ1) is 7.78. The van der Waals surface area contributed by atoms with Gasteiger partial charge >= 0.3 is 0 Å². The lowest BCUT2D eigenvalue weighted by atomic mass is 10.2. The normalized spacial score (nSPS) is 15.9. The Morgan fingerprint density at radius 3 is 2.53 bits per heavy atom. The number of hydrogen-bond donors (Lipinski definition) is 1. The van der Waals surface area contributed by atoms with Crippen LogP contribution >= 0.6 is 11.8 Å². The second-order valence-corrected chi connectivity index (χ2v) is 7.51. The van der Waals surface area contributed by atoms with E-state index in [0.717, 1.165) is 5.75 Å². The zero-order valence-electron chi connectivity index (χ0n) is 11.8. The van der Waals surface area contributed by atoms with Crippen molar-refractivity contribution in [2.75, 3.05) is 5.75 Å². The topological polar surface area (TPSA) is 29.9 Å². The summed E-state index contributed by atoms with van der Waals surface area (Å²) in [6.07, 6.45) is 4.00. The van der Waals surface area contributed by atoms with E-state index in [1.165, 1.54) is 5.56 Å². The van der Waals surface area contributed by atoms with Crippen LogP contribution in [0.4, 0.5) is 0 Å². The molecule has 2 atom stereocenters. The molecule has 0 aliphatic heterocycles. The highest BCUT2D eigenvalue weighted by molar-refractivity contribution is 8.00. The van der Waals surface area contributed by atoms with Gasteiger partial charge in [-0.1, -0.05) is 20.8 Å². The summed E-state index contributed by atoms with van der Waals surface area (Å²) >= 11 is 2.00. The lowest BCUT2D eigenvalue weighted by molar-refractivity contribution is 0.510. The van der Waals surface area contributed by atoms with Gasteiger partial charge in [-0.2, -0.15) is 16.9 Å². The molecule has 4 heteroatoms. The first-order valence-corrected chi connectivity index (χ1v) is 7.15. The molecule has 1 aromatic heterocycles. The fraction of sp³-hybridized carbons (Fsp3) is 0.769. The third kappa shape index (κ3) is 5.59. The quantitative estimate of drug-likeness (QED) is 0.877. The number of nitrogens with zero attached hydrogens (tertiary/aromatic N) is 2. The van der Waals surface area contributed by atoms with Gasteiger partial charge in [-0.15, -0.1) is 0 Å². The van der Waals surface area contributed by atoms with Gasteiger partial charge < -0.3 is 5.32 Å². The maximum absolute atomic E-state index is 4.20. The van der Waals surface area contributed by atoms with Gasteiger partial charge in [0.05, 0.1) is 6.20 Å². The van der Waals surface area contributed by atoms with Gasteiger partial charge in [0.15, 0.2) is 0 Å². The van der Waals surface area contributed by atoms with Crippen LogP contribution in [0.1, 0.15) is 46.2 Å². The number of thioether (sulfide) groups is 1. The SMILES string of the molecule is C[C@H](N[C@@H](C)CSC(C)(C)C)c1cnn(C)c1. The van der Waals surface area contributed by atoms with Crippen molar-refractivity contribution in [3.05, 3.63) is 18.0 Å². The van der Waals surface area contributed by atoms with Crippen LogP contribution < -0.4 is 5.32 Å². The first kappa shape index (κ1) is 14.6. The maximum Gasteiger partial charge on any atom is 0.0537 e. The lowest BCUT2D eigenvalue weighted by Gasteiger charge is -2.23. The molecule has 0 amide bonds. The monoisotopic (exact) mass is 255 g/mol. The Bertz CT molecular complexity index is 341. The molecular weight excluding hydrogens is 230 g/mol. The molecule has 0 radical (unpaired) electrons. The van der Waals surface area contributed by atoms with Gasteiger partial charge in [0.2, 0.25) is 0 Å². The highest BCUT2D eigenvalue weighted by atomic mass is 32.2. The van der Waals surface area contributed by atoms with Crippen LogP contribution in [0.2, 0.25) is 0 Å². The van der Waals surface area contributed by atoms with E-state index in [1.54, 1.807) is 0 Å². The van der Waals surface area contributed by atoms with E-state index >= 15 is 0 Å². The van der Waals surface area contributed by atoms with Crippen molar-refractivity contribution in [3.63, 3.8) is 0 Å². The summed E-state index contributed by atoms with van der Waals surface area (Å²) in [4.78, 5) is 0. The first-order valence-electron chi connectivity index (χ1n) is 6.16. The number of hydrogen-bond acceptors (Lipinski definition) is 3. The summed E-state index contributed by atoms with van der Waals surface area (Å²) in [5.41, 5.74) is 1.25. The molecule has 0 unspecified atom stereocenters. The van der Waals surface area contributed by atoms with E-state index in [1.807, 2.05) is 29.7 Å². The molecule has 0 saturated heterocycles. The van der Waals surface area contributed by atoms with Crippen LogP contribution in [-0.4, -0.2) is 26.3 Å². The van der Waals surface area contributed by atoms with Gasteiger partial charge in [0.25, 0.3) is 0 Å². The molecule has 0 spiro atoms. The van der Waals surface area contributed by atoms with E-state index in [2.05, 4.69) is 51.2 Å². The van der Waals surface area contributed by atoms with Gasteiger partial charge in [0.1, 0.15) is 0 Å². The number of rotatable bonds is 5. The predicted molar refractivity (Wildman–Crippen MR) is 76.4 cm³/mol. The predicted octanol–water partition coefficient (Wildman–Crippen LogP) is 2.99. The van der Waals surface area contributed by atoms with Crippen molar-refractivity contribution in [2.24, 2.45) is 7.05 Å². The molecule has 1 rings (SSSR count). The molecule has 1 heterocycles. The molecule has 1 aromatic rings. The van der Waals surface area contributed by atoms with Crippen molar-refractivity contribution in [1.82, 2.24) is 15.1 Å². The molecule has 17 heavy (non-hydrogen) atoms. The Morgan fingerprint density at radius 2 is 2.06 bits per heavy atom. The fourth-order valence-corrected chi connectivity index (χ4v) is 2.46. The summed E-state index contributed by atoms with van der Waals surface area (Å²) in [6.45, 7) is 11.2. The summed E-state index contributed by atoms with van der Waals surface area (Å²) in [5.74, 6) is 1.13. The minimum Gasteiger partial charge on any atom is -0.307 e. The van der Waals surface area contributed by atoms with Crippen molar-refractivity contribution in [2.45, 2.75) is 51.4 Å². The Labute approximate surface area is 109 Å². The third-order valence-corrected chi connectivity index (χ3v) is 4.06. The molecule has 0 bridgehead atoms. The van der Waals surface area contributed by atoms with E-state index in [4.69, 9.17) is 0 Å². The zero-order valence-corrected chi connectivity index (χ0v) is 12.6. The molecule has 1 N–H and O–H groups in total. The minimum absolute atomic E-state index is 0.341. The van der Waals surface area contributed by atoms with E-state index in [0.29, 0.717) is 16.8 Å². The van der Waals surface area contributed by atoms with Crippen LogP contribution in [0.25, 0.3) is 0 Å². The Balaban J connectivity index is 2.38. The standard InChI is InChI=1S/C13H25N3S/c1-10(9-17-13(3,4)5)15-11(2)12-7-14-16(6)8-12/h7-8,10-11,15H,9H2,1-6H3/t10-,11-/m0/s1. The lowest BCUT2D eigenvalue weighted by Crippen LogP contribution is -2.32. The molecule has 0 aromatic carbocycles. The van der Waals surface area contributed by atoms with E-state index in [9.17, 15) is 0 Å². The van der Waals surface area contributed by atoms with Crippen LogP contribution in [-0.2, 0) is 7.05 Å². The highest BCUT2D eigenvalue weighted by Gasteiger charge is 2.15. The van der Waals surface area contributed by atoms with Crippen molar-refractivity contribution in [3.8, 4) is 0 Å². The van der Waals surface area contributed by atoms with Crippen LogP contribution in [0, 0.1) is 0 Å². The van der Waals surface area contributed by atoms with E-state index < -0.39 is 0 Å². The average molecular weight is 255 g/mol. The number of aryl methyl sites for hydroxylation is 1. The second kappa shape index (κ2) is 5.91. The number of nitrogens with one attached hydrogen (secondary N) is 1. The molecule has 0 saturated carbocycles. The number of aromatic nitrogens is 2.